The van der Waals surface area contributed by atoms with Gasteiger partial charge in [0.05, 0.1) is 39.5 Å². The van der Waals surface area contributed by atoms with Crippen molar-refractivity contribution < 1.29 is 19.2 Å². The molecule has 0 bridgehead atoms. The van der Waals surface area contributed by atoms with Crippen LogP contribution in [0.2, 0.25) is 0 Å². The van der Waals surface area contributed by atoms with E-state index >= 15 is 0 Å². The second-order valence-corrected chi connectivity index (χ2v) is 13.6. The number of nitrogens with zero attached hydrogens (tertiary/aromatic N) is 2. The maximum Gasteiger partial charge on any atom is 0.433 e. The van der Waals surface area contributed by atoms with Gasteiger partial charge in [-0.1, -0.05) is 30.7 Å². The van der Waals surface area contributed by atoms with Crippen LogP contribution in [0.25, 0.3) is 0 Å². The van der Waals surface area contributed by atoms with Crippen LogP contribution in [0.15, 0.2) is 16.8 Å². The SMILES string of the molecule is C/C(=N\OC(=O)NCCNCC[N+](C)(C)C)[C@H]1CC[C@H]2[C@@H]3CCC4=C[C@@H](O)CC[C@]4(C)[C@H]3CC[C@]12C. The molecule has 36 heavy (non-hydrogen) atoms. The van der Waals surface area contributed by atoms with E-state index in [-0.39, 0.29) is 16.9 Å². The monoisotopic (exact) mass is 503 g/mol. The van der Waals surface area contributed by atoms with Crippen molar-refractivity contribution in [2.24, 2.45) is 39.7 Å². The summed E-state index contributed by atoms with van der Waals surface area (Å²) >= 11 is 0. The predicted molar refractivity (Wildman–Crippen MR) is 145 cm³/mol. The van der Waals surface area contributed by atoms with Gasteiger partial charge < -0.3 is 20.2 Å². The van der Waals surface area contributed by atoms with Crippen molar-refractivity contribution in [1.82, 2.24) is 10.6 Å². The molecule has 0 saturated heterocycles. The molecule has 7 heteroatoms. The zero-order valence-corrected chi connectivity index (χ0v) is 23.6. The lowest BCUT2D eigenvalue weighted by Gasteiger charge is -2.58. The zero-order chi connectivity index (χ0) is 26.1. The fraction of sp³-hybridized carbons (Fsp3) is 0.862. The molecule has 0 heterocycles. The first-order chi connectivity index (χ1) is 16.9. The molecule has 0 aromatic heterocycles. The lowest BCUT2D eigenvalue weighted by Crippen LogP contribution is -2.51. The Morgan fingerprint density at radius 2 is 1.86 bits per heavy atom. The zero-order valence-electron chi connectivity index (χ0n) is 23.6. The Balaban J connectivity index is 1.30. The number of fused-ring (bicyclic) bond motifs is 5. The number of quaternary nitrogens is 1. The standard InChI is InChI=1S/C29H50N4O3/c1-20(32-36-27(35)31-16-15-30-17-18-33(4,5)6)24-9-10-25-23-8-7-21-19-22(34)11-13-28(21,2)26(23)12-14-29(24,25)3/h19,22-26,30,34H,7-18H2,1-6H3/p+1/b32-20+/t22-,23-,24+,25-,26-,28-,29+/m0/s1. The Hall–Kier alpha value is -1.44. The van der Waals surface area contributed by atoms with Gasteiger partial charge in [-0.25, -0.2) is 4.79 Å². The highest BCUT2D eigenvalue weighted by Gasteiger charge is 2.59. The van der Waals surface area contributed by atoms with Gasteiger partial charge in [-0.3, -0.25) is 4.84 Å². The van der Waals surface area contributed by atoms with E-state index in [0.717, 1.165) is 67.3 Å². The number of nitrogens with one attached hydrogen (secondary N) is 2. The summed E-state index contributed by atoms with van der Waals surface area (Å²) in [4.78, 5) is 17.5. The van der Waals surface area contributed by atoms with E-state index < -0.39 is 6.09 Å². The Morgan fingerprint density at radius 3 is 2.61 bits per heavy atom. The van der Waals surface area contributed by atoms with Crippen LogP contribution in [0.1, 0.15) is 72.1 Å². The van der Waals surface area contributed by atoms with Crippen molar-refractivity contribution in [3.05, 3.63) is 11.6 Å². The first-order valence-corrected chi connectivity index (χ1v) is 14.3. The van der Waals surface area contributed by atoms with Gasteiger partial charge in [-0.15, -0.1) is 0 Å². The molecule has 4 aliphatic carbocycles. The smallest absolute Gasteiger partial charge is 0.389 e. The number of allylic oxidation sites excluding steroid dienone is 1. The Morgan fingerprint density at radius 1 is 1.08 bits per heavy atom. The van der Waals surface area contributed by atoms with Gasteiger partial charge in [-0.05, 0) is 86.9 Å². The number of carbonyl (C=O) groups excluding carboxylic acids is 1. The molecule has 4 aliphatic rings. The summed E-state index contributed by atoms with van der Waals surface area (Å²) in [6, 6.07) is 0. The second-order valence-electron chi connectivity index (χ2n) is 13.6. The molecule has 0 aromatic carbocycles. The predicted octanol–water partition coefficient (Wildman–Crippen LogP) is 4.32. The molecule has 7 nitrogen and oxygen atoms in total. The van der Waals surface area contributed by atoms with Crippen LogP contribution >= 0.6 is 0 Å². The van der Waals surface area contributed by atoms with Crippen molar-refractivity contribution in [1.29, 1.82) is 0 Å². The van der Waals surface area contributed by atoms with Crippen LogP contribution < -0.4 is 10.6 Å². The Labute approximate surface area is 218 Å². The number of aliphatic hydroxyl groups is 1. The highest BCUT2D eigenvalue weighted by molar-refractivity contribution is 5.85. The number of oxime groups is 1. The third kappa shape index (κ3) is 5.68. The minimum Gasteiger partial charge on any atom is -0.389 e. The molecule has 0 unspecified atom stereocenters. The molecule has 0 radical (unpaired) electrons. The molecule has 1 amide bonds. The average molecular weight is 504 g/mol. The normalized spacial score (nSPS) is 38.5. The maximum absolute atomic E-state index is 12.2. The van der Waals surface area contributed by atoms with Crippen molar-refractivity contribution in [3.8, 4) is 0 Å². The van der Waals surface area contributed by atoms with E-state index in [1.165, 1.54) is 31.3 Å². The third-order valence-corrected chi connectivity index (χ3v) is 10.4. The molecular formula is C29H51N4O3+. The summed E-state index contributed by atoms with van der Waals surface area (Å²) in [7, 11) is 6.50. The molecule has 3 N–H and O–H groups in total. The van der Waals surface area contributed by atoms with Gasteiger partial charge in [0.1, 0.15) is 0 Å². The molecule has 3 saturated carbocycles. The van der Waals surface area contributed by atoms with Crippen molar-refractivity contribution in [3.63, 3.8) is 0 Å². The molecule has 7 atom stereocenters. The average Bonchev–Trinajstić information content (AvgIpc) is 3.17. The van der Waals surface area contributed by atoms with E-state index in [1.54, 1.807) is 0 Å². The van der Waals surface area contributed by atoms with E-state index in [9.17, 15) is 9.90 Å². The molecular weight excluding hydrogens is 452 g/mol. The summed E-state index contributed by atoms with van der Waals surface area (Å²) in [5.74, 6) is 2.58. The molecule has 0 aromatic rings. The Kier molecular flexibility index (Phi) is 8.23. The summed E-state index contributed by atoms with van der Waals surface area (Å²) < 4.78 is 0.917. The fourth-order valence-corrected chi connectivity index (χ4v) is 8.40. The van der Waals surface area contributed by atoms with Crippen LogP contribution in [0.4, 0.5) is 4.79 Å². The molecule has 4 rings (SSSR count). The van der Waals surface area contributed by atoms with E-state index in [1.807, 2.05) is 0 Å². The minimum atomic E-state index is -0.467. The lowest BCUT2D eigenvalue weighted by molar-refractivity contribution is -0.869. The number of hydrogen-bond donors (Lipinski definition) is 3. The first-order valence-electron chi connectivity index (χ1n) is 14.3. The van der Waals surface area contributed by atoms with Crippen molar-refractivity contribution >= 4 is 11.8 Å². The largest absolute Gasteiger partial charge is 0.433 e. The van der Waals surface area contributed by atoms with Gasteiger partial charge in [0, 0.05) is 25.6 Å². The molecule has 0 aliphatic heterocycles. The molecule has 3 fully saturated rings. The van der Waals surface area contributed by atoms with Crippen LogP contribution in [0.5, 0.6) is 0 Å². The first kappa shape index (κ1) is 27.6. The van der Waals surface area contributed by atoms with Crippen molar-refractivity contribution in [2.75, 3.05) is 47.3 Å². The summed E-state index contributed by atoms with van der Waals surface area (Å²) in [6.07, 6.45) is 10.8. The summed E-state index contributed by atoms with van der Waals surface area (Å²) in [6.45, 7) is 10.2. The number of rotatable bonds is 8. The van der Waals surface area contributed by atoms with Crippen LogP contribution in [-0.2, 0) is 4.84 Å². The van der Waals surface area contributed by atoms with Gasteiger partial charge in [0.2, 0.25) is 0 Å². The third-order valence-electron chi connectivity index (χ3n) is 10.4. The lowest BCUT2D eigenvalue weighted by atomic mass is 9.46. The van der Waals surface area contributed by atoms with Gasteiger partial charge in [-0.2, -0.15) is 0 Å². The number of hydrogen-bond acceptors (Lipinski definition) is 5. The topological polar surface area (TPSA) is 83.0 Å². The van der Waals surface area contributed by atoms with Gasteiger partial charge >= 0.3 is 6.09 Å². The fourth-order valence-electron chi connectivity index (χ4n) is 8.40. The summed E-state index contributed by atoms with van der Waals surface area (Å²) in [5.41, 5.74) is 3.00. The molecule has 0 spiro atoms. The quantitative estimate of drug-likeness (QED) is 0.115. The van der Waals surface area contributed by atoms with E-state index in [4.69, 9.17) is 4.84 Å². The van der Waals surface area contributed by atoms with E-state index in [2.05, 4.69) is 63.8 Å². The van der Waals surface area contributed by atoms with Crippen molar-refractivity contribution in [2.45, 2.75) is 78.2 Å². The highest BCUT2D eigenvalue weighted by Crippen LogP contribution is 2.66. The second kappa shape index (κ2) is 10.7. The highest BCUT2D eigenvalue weighted by atomic mass is 16.7. The van der Waals surface area contributed by atoms with Gasteiger partial charge in [0.15, 0.2) is 0 Å². The Bertz CT molecular complexity index is 865. The molecule has 204 valence electrons. The van der Waals surface area contributed by atoms with Crippen LogP contribution in [-0.4, -0.2) is 74.8 Å². The van der Waals surface area contributed by atoms with E-state index in [0.29, 0.717) is 18.4 Å². The van der Waals surface area contributed by atoms with Gasteiger partial charge in [0.25, 0.3) is 0 Å². The summed E-state index contributed by atoms with van der Waals surface area (Å²) in [5, 5.41) is 20.7. The number of carbonyl (C=O) groups is 1. The van der Waals surface area contributed by atoms with Crippen LogP contribution in [0, 0.1) is 34.5 Å². The minimum absolute atomic E-state index is 0.232. The maximum atomic E-state index is 12.2. The van der Waals surface area contributed by atoms with Crippen LogP contribution in [0.3, 0.4) is 0 Å². The number of likely N-dealkylation sites (N-methyl/N-ethyl adjacent to an activating group) is 1. The number of aliphatic hydroxyl groups excluding tert-OH is 1. The number of amides is 1.